The maximum absolute atomic E-state index is 9.77. The van der Waals surface area contributed by atoms with Crippen molar-refractivity contribution in [2.24, 2.45) is 11.8 Å². The highest BCUT2D eigenvalue weighted by Gasteiger charge is 2.36. The summed E-state index contributed by atoms with van der Waals surface area (Å²) in [6.45, 7) is 2.22. The highest BCUT2D eigenvalue weighted by molar-refractivity contribution is 5.07. The number of hydrogen-bond donors (Lipinski definition) is 2. The molecule has 0 saturated heterocycles. The maximum Gasteiger partial charge on any atom is 0.0823 e. The highest BCUT2D eigenvalue weighted by atomic mass is 16.3. The van der Waals surface area contributed by atoms with Crippen LogP contribution in [0.1, 0.15) is 37.9 Å². The van der Waals surface area contributed by atoms with Crippen molar-refractivity contribution >= 4 is 0 Å². The Kier molecular flexibility index (Phi) is 2.36. The fourth-order valence-corrected chi connectivity index (χ4v) is 1.96. The molecule has 1 saturated carbocycles. The van der Waals surface area contributed by atoms with Gasteiger partial charge in [0.25, 0.3) is 0 Å². The standard InChI is InChI=1S/C10H16N2O/c1-2-7-3-8(7)4-10(13)9-5-11-12-6-9/h5-8,10,13H,2-4H2,1H3,(H,11,12)/t7-,8+,10?/m1/s1. The van der Waals surface area contributed by atoms with Crippen molar-refractivity contribution < 1.29 is 5.11 Å². The average molecular weight is 180 g/mol. The predicted octanol–water partition coefficient (Wildman–Crippen LogP) is 1.88. The Morgan fingerprint density at radius 3 is 3.08 bits per heavy atom. The molecule has 0 spiro atoms. The van der Waals surface area contributed by atoms with Crippen molar-refractivity contribution in [1.29, 1.82) is 0 Å². The Morgan fingerprint density at radius 2 is 2.54 bits per heavy atom. The van der Waals surface area contributed by atoms with Crippen molar-refractivity contribution in [2.45, 2.75) is 32.3 Å². The van der Waals surface area contributed by atoms with E-state index in [1.807, 2.05) is 0 Å². The summed E-state index contributed by atoms with van der Waals surface area (Å²) >= 11 is 0. The van der Waals surface area contributed by atoms with Gasteiger partial charge in [0.2, 0.25) is 0 Å². The largest absolute Gasteiger partial charge is 0.388 e. The molecule has 0 radical (unpaired) electrons. The van der Waals surface area contributed by atoms with E-state index in [-0.39, 0.29) is 6.10 Å². The molecular weight excluding hydrogens is 164 g/mol. The van der Waals surface area contributed by atoms with Crippen LogP contribution in [0.2, 0.25) is 0 Å². The Hall–Kier alpha value is -0.830. The topological polar surface area (TPSA) is 48.9 Å². The van der Waals surface area contributed by atoms with Crippen LogP contribution in [0.4, 0.5) is 0 Å². The quantitative estimate of drug-likeness (QED) is 0.743. The van der Waals surface area contributed by atoms with E-state index in [0.717, 1.165) is 23.8 Å². The van der Waals surface area contributed by atoms with Crippen LogP contribution in [0.3, 0.4) is 0 Å². The second kappa shape index (κ2) is 3.50. The number of nitrogens with one attached hydrogen (secondary N) is 1. The molecule has 72 valence electrons. The van der Waals surface area contributed by atoms with Crippen LogP contribution in [-0.4, -0.2) is 15.3 Å². The molecule has 0 bridgehead atoms. The Morgan fingerprint density at radius 1 is 1.69 bits per heavy atom. The van der Waals surface area contributed by atoms with E-state index in [4.69, 9.17) is 0 Å². The van der Waals surface area contributed by atoms with E-state index in [1.165, 1.54) is 12.8 Å². The van der Waals surface area contributed by atoms with Gasteiger partial charge >= 0.3 is 0 Å². The highest BCUT2D eigenvalue weighted by Crippen LogP contribution is 2.46. The van der Waals surface area contributed by atoms with Crippen LogP contribution in [0.5, 0.6) is 0 Å². The first-order valence-corrected chi connectivity index (χ1v) is 4.98. The van der Waals surface area contributed by atoms with Gasteiger partial charge in [-0.3, -0.25) is 5.10 Å². The smallest absolute Gasteiger partial charge is 0.0823 e. The summed E-state index contributed by atoms with van der Waals surface area (Å²) in [6, 6.07) is 0. The first kappa shape index (κ1) is 8.75. The number of aliphatic hydroxyl groups is 1. The van der Waals surface area contributed by atoms with Gasteiger partial charge in [0.1, 0.15) is 0 Å². The molecule has 3 heteroatoms. The summed E-state index contributed by atoms with van der Waals surface area (Å²) in [5.41, 5.74) is 0.918. The minimum atomic E-state index is -0.319. The first-order valence-electron chi connectivity index (χ1n) is 4.98. The number of rotatable bonds is 4. The molecule has 1 fully saturated rings. The summed E-state index contributed by atoms with van der Waals surface area (Å²) in [5, 5.41) is 16.3. The Bertz CT molecular complexity index is 258. The van der Waals surface area contributed by atoms with Crippen LogP contribution >= 0.6 is 0 Å². The van der Waals surface area contributed by atoms with E-state index in [0.29, 0.717) is 0 Å². The molecule has 1 unspecified atom stereocenters. The van der Waals surface area contributed by atoms with E-state index in [2.05, 4.69) is 17.1 Å². The van der Waals surface area contributed by atoms with Crippen LogP contribution in [0, 0.1) is 11.8 Å². The summed E-state index contributed by atoms with van der Waals surface area (Å²) in [7, 11) is 0. The van der Waals surface area contributed by atoms with E-state index in [9.17, 15) is 5.11 Å². The Balaban J connectivity index is 1.83. The van der Waals surface area contributed by atoms with Crippen LogP contribution in [0.25, 0.3) is 0 Å². The molecular formula is C10H16N2O. The van der Waals surface area contributed by atoms with Gasteiger partial charge in [-0.15, -0.1) is 0 Å². The lowest BCUT2D eigenvalue weighted by molar-refractivity contribution is 0.158. The van der Waals surface area contributed by atoms with Crippen LogP contribution in [-0.2, 0) is 0 Å². The number of nitrogens with zero attached hydrogens (tertiary/aromatic N) is 1. The molecule has 1 aliphatic rings. The number of H-pyrrole nitrogens is 1. The van der Waals surface area contributed by atoms with Gasteiger partial charge in [-0.1, -0.05) is 13.3 Å². The van der Waals surface area contributed by atoms with Gasteiger partial charge in [-0.25, -0.2) is 0 Å². The molecule has 0 amide bonds. The predicted molar refractivity (Wildman–Crippen MR) is 50.1 cm³/mol. The fourth-order valence-electron chi connectivity index (χ4n) is 1.96. The van der Waals surface area contributed by atoms with Gasteiger partial charge in [0, 0.05) is 11.8 Å². The lowest BCUT2D eigenvalue weighted by atomic mass is 10.1. The SMILES string of the molecule is CC[C@@H]1C[C@H]1CC(O)c1cn[nH]c1. The third kappa shape index (κ3) is 1.91. The molecule has 2 N–H and O–H groups in total. The van der Waals surface area contributed by atoms with Gasteiger partial charge in [-0.2, -0.15) is 5.10 Å². The maximum atomic E-state index is 9.77. The third-order valence-electron chi connectivity index (χ3n) is 3.02. The number of hydrogen-bond acceptors (Lipinski definition) is 2. The van der Waals surface area contributed by atoms with Gasteiger partial charge < -0.3 is 5.11 Å². The molecule has 0 aromatic carbocycles. The van der Waals surface area contributed by atoms with E-state index >= 15 is 0 Å². The zero-order chi connectivity index (χ0) is 9.26. The molecule has 1 aromatic heterocycles. The molecule has 3 nitrogen and oxygen atoms in total. The zero-order valence-corrected chi connectivity index (χ0v) is 7.90. The van der Waals surface area contributed by atoms with Crippen LogP contribution in [0.15, 0.2) is 12.4 Å². The number of aromatic nitrogens is 2. The first-order chi connectivity index (χ1) is 6.31. The minimum absolute atomic E-state index is 0.319. The molecule has 2 rings (SSSR count). The van der Waals surface area contributed by atoms with Gasteiger partial charge in [0.05, 0.1) is 12.3 Å². The van der Waals surface area contributed by atoms with Crippen molar-refractivity contribution in [2.75, 3.05) is 0 Å². The van der Waals surface area contributed by atoms with Gasteiger partial charge in [-0.05, 0) is 24.7 Å². The second-order valence-corrected chi connectivity index (χ2v) is 3.95. The second-order valence-electron chi connectivity index (χ2n) is 3.95. The lowest BCUT2D eigenvalue weighted by Crippen LogP contribution is -1.97. The fraction of sp³-hybridized carbons (Fsp3) is 0.700. The summed E-state index contributed by atoms with van der Waals surface area (Å²) in [4.78, 5) is 0. The normalized spacial score (nSPS) is 28.8. The molecule has 1 aliphatic carbocycles. The molecule has 13 heavy (non-hydrogen) atoms. The van der Waals surface area contributed by atoms with E-state index < -0.39 is 0 Å². The zero-order valence-electron chi connectivity index (χ0n) is 7.90. The molecule has 1 aromatic rings. The minimum Gasteiger partial charge on any atom is -0.388 e. The summed E-state index contributed by atoms with van der Waals surface area (Å²) < 4.78 is 0. The molecule has 1 heterocycles. The number of aromatic amines is 1. The molecule has 0 aliphatic heterocycles. The number of aliphatic hydroxyl groups excluding tert-OH is 1. The monoisotopic (exact) mass is 180 g/mol. The van der Waals surface area contributed by atoms with Crippen molar-refractivity contribution in [3.63, 3.8) is 0 Å². The Labute approximate surface area is 78.2 Å². The lowest BCUT2D eigenvalue weighted by Gasteiger charge is -2.06. The van der Waals surface area contributed by atoms with Crippen molar-refractivity contribution in [1.82, 2.24) is 10.2 Å². The van der Waals surface area contributed by atoms with E-state index in [1.54, 1.807) is 12.4 Å². The molecule has 3 atom stereocenters. The van der Waals surface area contributed by atoms with Gasteiger partial charge in [0.15, 0.2) is 0 Å². The summed E-state index contributed by atoms with van der Waals surface area (Å²) in [5.74, 6) is 1.61. The van der Waals surface area contributed by atoms with Crippen LogP contribution < -0.4 is 0 Å². The third-order valence-corrected chi connectivity index (χ3v) is 3.02. The summed E-state index contributed by atoms with van der Waals surface area (Å²) in [6.07, 6.45) is 6.61. The van der Waals surface area contributed by atoms with Crippen molar-refractivity contribution in [3.8, 4) is 0 Å². The van der Waals surface area contributed by atoms with Crippen molar-refractivity contribution in [3.05, 3.63) is 18.0 Å². The average Bonchev–Trinajstić information content (AvgIpc) is 2.68.